The predicted octanol–water partition coefficient (Wildman–Crippen LogP) is 4.10. The van der Waals surface area contributed by atoms with Gasteiger partial charge < -0.3 is 25.0 Å². The number of rotatable bonds is 12. The highest BCUT2D eigenvalue weighted by molar-refractivity contribution is 6.31. The molecule has 1 amide bonds. The largest absolute Gasteiger partial charge is 0.478 e. The Morgan fingerprint density at radius 3 is 2.62 bits per heavy atom. The van der Waals surface area contributed by atoms with Gasteiger partial charge in [0.2, 0.25) is 0 Å². The van der Waals surface area contributed by atoms with E-state index in [0.717, 1.165) is 42.5 Å². The minimum Gasteiger partial charge on any atom is -0.478 e. The average Bonchev–Trinajstić information content (AvgIpc) is 2.91. The number of benzene rings is 2. The van der Waals surface area contributed by atoms with Crippen molar-refractivity contribution in [1.82, 2.24) is 5.32 Å². The standard InChI is InChI=1S/C26H28ClN3O4/c1-2-17-34-18-16-30-23-9-4-3-8-22(23)29(15-6-5-13-28-14-7-10-25(31)32)24-19-20(27)11-12-21(24)26(30)33/h1,3-4,7-12,19,28H,5-6,13-18H2,(H,31,32)/b10-7+. The number of nitrogens with one attached hydrogen (secondary N) is 1. The quantitative estimate of drug-likeness (QED) is 0.270. The Balaban J connectivity index is 1.79. The summed E-state index contributed by atoms with van der Waals surface area (Å²) in [5, 5.41) is 12.4. The van der Waals surface area contributed by atoms with Crippen LogP contribution in [-0.2, 0) is 9.53 Å². The van der Waals surface area contributed by atoms with Crippen LogP contribution in [0.25, 0.3) is 0 Å². The third kappa shape index (κ3) is 6.61. The molecule has 0 radical (unpaired) electrons. The lowest BCUT2D eigenvalue weighted by Crippen LogP contribution is -2.33. The summed E-state index contributed by atoms with van der Waals surface area (Å²) in [6.07, 6.45) is 9.72. The molecule has 0 saturated carbocycles. The highest BCUT2D eigenvalue weighted by Crippen LogP contribution is 2.41. The summed E-state index contributed by atoms with van der Waals surface area (Å²) in [7, 11) is 0. The van der Waals surface area contributed by atoms with Crippen LogP contribution in [0.4, 0.5) is 17.1 Å². The minimum absolute atomic E-state index is 0.113. The van der Waals surface area contributed by atoms with Gasteiger partial charge >= 0.3 is 5.97 Å². The summed E-state index contributed by atoms with van der Waals surface area (Å²) in [4.78, 5) is 27.9. The highest BCUT2D eigenvalue weighted by atomic mass is 35.5. The molecule has 0 unspecified atom stereocenters. The number of amides is 1. The van der Waals surface area contributed by atoms with Crippen molar-refractivity contribution < 1.29 is 19.4 Å². The molecule has 3 rings (SSSR count). The molecular formula is C26H28ClN3O4. The fourth-order valence-electron chi connectivity index (χ4n) is 3.83. The van der Waals surface area contributed by atoms with Gasteiger partial charge in [0.05, 0.1) is 29.2 Å². The first-order chi connectivity index (χ1) is 16.5. The van der Waals surface area contributed by atoms with E-state index in [1.807, 2.05) is 30.3 Å². The Morgan fingerprint density at radius 2 is 1.88 bits per heavy atom. The van der Waals surface area contributed by atoms with Gasteiger partial charge in [-0.1, -0.05) is 35.7 Å². The van der Waals surface area contributed by atoms with E-state index in [2.05, 4.69) is 16.1 Å². The zero-order chi connectivity index (χ0) is 24.3. The van der Waals surface area contributed by atoms with Crippen molar-refractivity contribution in [3.63, 3.8) is 0 Å². The Bertz CT molecular complexity index is 1080. The van der Waals surface area contributed by atoms with E-state index in [1.54, 1.807) is 23.1 Å². The molecule has 0 aliphatic carbocycles. The molecule has 7 nitrogen and oxygen atoms in total. The van der Waals surface area contributed by atoms with Crippen molar-refractivity contribution in [2.75, 3.05) is 49.2 Å². The Kier molecular flexibility index (Phi) is 9.53. The van der Waals surface area contributed by atoms with Gasteiger partial charge in [-0.05, 0) is 49.7 Å². The minimum atomic E-state index is -0.954. The SMILES string of the molecule is C#CCOCCN1C(=O)c2ccc(Cl)cc2N(CCCCNC/C=C/C(=O)O)c2ccccc21. The van der Waals surface area contributed by atoms with Gasteiger partial charge in [-0.15, -0.1) is 6.42 Å². The second-order valence-electron chi connectivity index (χ2n) is 7.67. The summed E-state index contributed by atoms with van der Waals surface area (Å²) in [5.74, 6) is 1.38. The lowest BCUT2D eigenvalue weighted by Gasteiger charge is -2.27. The number of unbranched alkanes of at least 4 members (excludes halogenated alkanes) is 1. The maximum Gasteiger partial charge on any atom is 0.328 e. The summed E-state index contributed by atoms with van der Waals surface area (Å²) < 4.78 is 5.45. The fourth-order valence-corrected chi connectivity index (χ4v) is 4.00. The molecule has 2 aromatic rings. The van der Waals surface area contributed by atoms with Crippen LogP contribution in [0.3, 0.4) is 0 Å². The molecule has 1 heterocycles. The van der Waals surface area contributed by atoms with E-state index in [-0.39, 0.29) is 12.5 Å². The molecule has 0 saturated heterocycles. The molecule has 8 heteroatoms. The molecule has 0 bridgehead atoms. The maximum absolute atomic E-state index is 13.5. The number of fused-ring (bicyclic) bond motifs is 2. The van der Waals surface area contributed by atoms with E-state index in [1.165, 1.54) is 0 Å². The first-order valence-corrected chi connectivity index (χ1v) is 11.5. The molecule has 0 fully saturated rings. The van der Waals surface area contributed by atoms with Crippen molar-refractivity contribution in [2.24, 2.45) is 0 Å². The number of anilines is 3. The van der Waals surface area contributed by atoms with E-state index in [9.17, 15) is 9.59 Å². The van der Waals surface area contributed by atoms with Gasteiger partial charge in [0.25, 0.3) is 5.91 Å². The number of hydrogen-bond donors (Lipinski definition) is 2. The predicted molar refractivity (Wildman–Crippen MR) is 135 cm³/mol. The molecule has 2 N–H and O–H groups in total. The maximum atomic E-state index is 13.5. The average molecular weight is 482 g/mol. The van der Waals surface area contributed by atoms with Crippen molar-refractivity contribution in [3.8, 4) is 12.3 Å². The molecule has 0 atom stereocenters. The monoisotopic (exact) mass is 481 g/mol. The summed E-state index contributed by atoms with van der Waals surface area (Å²) >= 11 is 6.33. The smallest absolute Gasteiger partial charge is 0.328 e. The molecule has 0 aromatic heterocycles. The first-order valence-electron chi connectivity index (χ1n) is 11.1. The number of aliphatic carboxylic acids is 1. The Morgan fingerprint density at radius 1 is 1.12 bits per heavy atom. The van der Waals surface area contributed by atoms with Crippen molar-refractivity contribution in [2.45, 2.75) is 12.8 Å². The molecule has 1 aliphatic rings. The zero-order valence-electron chi connectivity index (χ0n) is 18.9. The van der Waals surface area contributed by atoms with Crippen LogP contribution < -0.4 is 15.1 Å². The molecule has 1 aliphatic heterocycles. The van der Waals surface area contributed by atoms with Crippen LogP contribution >= 0.6 is 11.6 Å². The van der Waals surface area contributed by atoms with Gasteiger partial charge in [-0.2, -0.15) is 0 Å². The number of hydrogen-bond acceptors (Lipinski definition) is 5. The number of halogens is 1. The number of carbonyl (C=O) groups is 2. The van der Waals surface area contributed by atoms with Gasteiger partial charge in [-0.25, -0.2) is 4.79 Å². The number of para-hydroxylation sites is 2. The fraction of sp³-hybridized carbons (Fsp3) is 0.308. The van der Waals surface area contributed by atoms with Crippen LogP contribution in [-0.4, -0.2) is 56.4 Å². The van der Waals surface area contributed by atoms with Crippen LogP contribution in [0.2, 0.25) is 5.02 Å². The summed E-state index contributed by atoms with van der Waals surface area (Å²) in [5.41, 5.74) is 3.08. The zero-order valence-corrected chi connectivity index (χ0v) is 19.6. The Labute approximate surface area is 205 Å². The van der Waals surface area contributed by atoms with Crippen LogP contribution in [0.5, 0.6) is 0 Å². The van der Waals surface area contributed by atoms with Gasteiger partial charge in [-0.3, -0.25) is 4.79 Å². The van der Waals surface area contributed by atoms with Crippen molar-refractivity contribution in [1.29, 1.82) is 0 Å². The lowest BCUT2D eigenvalue weighted by molar-refractivity contribution is -0.131. The van der Waals surface area contributed by atoms with Crippen LogP contribution in [0, 0.1) is 12.3 Å². The normalized spacial score (nSPS) is 12.9. The summed E-state index contributed by atoms with van der Waals surface area (Å²) in [6, 6.07) is 13.1. The molecule has 34 heavy (non-hydrogen) atoms. The van der Waals surface area contributed by atoms with Gasteiger partial charge in [0.1, 0.15) is 6.61 Å². The third-order valence-electron chi connectivity index (χ3n) is 5.34. The second-order valence-corrected chi connectivity index (χ2v) is 8.10. The van der Waals surface area contributed by atoms with E-state index >= 15 is 0 Å². The topological polar surface area (TPSA) is 82.1 Å². The number of terminal acetylenes is 1. The number of carboxylic acid groups (broad SMARTS) is 1. The number of carboxylic acids is 1. The number of nitrogens with zero attached hydrogens (tertiary/aromatic N) is 2. The van der Waals surface area contributed by atoms with Crippen LogP contribution in [0.15, 0.2) is 54.6 Å². The second kappa shape index (κ2) is 12.8. The summed E-state index contributed by atoms with van der Waals surface area (Å²) in [6.45, 7) is 2.84. The third-order valence-corrected chi connectivity index (χ3v) is 5.58. The molecular weight excluding hydrogens is 454 g/mol. The van der Waals surface area contributed by atoms with E-state index < -0.39 is 5.97 Å². The molecule has 0 spiro atoms. The van der Waals surface area contributed by atoms with Crippen molar-refractivity contribution in [3.05, 3.63) is 65.2 Å². The van der Waals surface area contributed by atoms with Gasteiger partial charge in [0, 0.05) is 30.7 Å². The Hall–Kier alpha value is -3.31. The molecule has 2 aromatic carbocycles. The first kappa shape index (κ1) is 25.3. The lowest BCUT2D eigenvalue weighted by atomic mass is 10.1. The highest BCUT2D eigenvalue weighted by Gasteiger charge is 2.30. The van der Waals surface area contributed by atoms with E-state index in [0.29, 0.717) is 36.8 Å². The molecule has 178 valence electrons. The van der Waals surface area contributed by atoms with Gasteiger partial charge in [0.15, 0.2) is 0 Å². The van der Waals surface area contributed by atoms with Crippen molar-refractivity contribution >= 4 is 40.5 Å². The number of carbonyl (C=O) groups excluding carboxylic acids is 1. The van der Waals surface area contributed by atoms with Crippen LogP contribution in [0.1, 0.15) is 23.2 Å². The van der Waals surface area contributed by atoms with E-state index in [4.69, 9.17) is 27.9 Å². The number of ether oxygens (including phenoxy) is 1.